The lowest BCUT2D eigenvalue weighted by atomic mass is 9.97. The highest BCUT2D eigenvalue weighted by Crippen LogP contribution is 2.38. The van der Waals surface area contributed by atoms with Crippen LogP contribution in [-0.2, 0) is 10.3 Å². The third-order valence-corrected chi connectivity index (χ3v) is 2.51. The Hall–Kier alpha value is -1.83. The zero-order valence-electron chi connectivity index (χ0n) is 12.1. The molecule has 2 N–H and O–H groups in total. The molecule has 1 aromatic rings. The first-order valence-electron chi connectivity index (χ1n) is 6.08. The normalized spacial score (nSPS) is 15.2. The van der Waals surface area contributed by atoms with Crippen molar-refractivity contribution in [3.05, 3.63) is 23.9 Å². The average Bonchev–Trinajstić information content (AvgIpc) is 2.25. The zero-order valence-corrected chi connectivity index (χ0v) is 12.1. The summed E-state index contributed by atoms with van der Waals surface area (Å²) in [6.45, 7) is 5.64. The number of halogens is 3. The van der Waals surface area contributed by atoms with Crippen LogP contribution in [0.1, 0.15) is 33.3 Å². The summed E-state index contributed by atoms with van der Waals surface area (Å²) in [5, 5.41) is 11.8. The van der Waals surface area contributed by atoms with Crippen molar-refractivity contribution in [2.45, 2.75) is 45.1 Å². The van der Waals surface area contributed by atoms with Gasteiger partial charge in [0.1, 0.15) is 11.4 Å². The molecule has 1 aromatic heterocycles. The summed E-state index contributed by atoms with van der Waals surface area (Å²) < 4.78 is 42.9. The molecular formula is C13H17F3N2O3. The van der Waals surface area contributed by atoms with Crippen molar-refractivity contribution in [3.8, 4) is 0 Å². The number of ether oxygens (including phenoxy) is 1. The third kappa shape index (κ3) is 4.59. The van der Waals surface area contributed by atoms with E-state index in [9.17, 15) is 23.1 Å². The molecule has 1 amide bonds. The van der Waals surface area contributed by atoms with Gasteiger partial charge in [-0.3, -0.25) is 5.32 Å². The van der Waals surface area contributed by atoms with E-state index < -0.39 is 29.0 Å². The van der Waals surface area contributed by atoms with Crippen LogP contribution in [0.25, 0.3) is 0 Å². The van der Waals surface area contributed by atoms with Gasteiger partial charge >= 0.3 is 12.3 Å². The lowest BCUT2D eigenvalue weighted by Crippen LogP contribution is -2.39. The fourth-order valence-electron chi connectivity index (χ4n) is 1.33. The first-order chi connectivity index (χ1) is 9.33. The van der Waals surface area contributed by atoms with E-state index in [1.165, 1.54) is 0 Å². The Bertz CT molecular complexity index is 505. The number of carbonyl (C=O) groups excluding carboxylic acids is 1. The van der Waals surface area contributed by atoms with Gasteiger partial charge < -0.3 is 9.84 Å². The Balaban J connectivity index is 2.82. The number of hydrogen-bond acceptors (Lipinski definition) is 4. The Morgan fingerprint density at radius 1 is 1.24 bits per heavy atom. The van der Waals surface area contributed by atoms with Crippen LogP contribution >= 0.6 is 0 Å². The predicted molar refractivity (Wildman–Crippen MR) is 69.7 cm³/mol. The summed E-state index contributed by atoms with van der Waals surface area (Å²) in [5.41, 5.74) is -4.14. The maximum atomic E-state index is 12.6. The van der Waals surface area contributed by atoms with E-state index in [1.54, 1.807) is 20.8 Å². The molecule has 118 valence electrons. The Morgan fingerprint density at radius 2 is 1.81 bits per heavy atom. The summed E-state index contributed by atoms with van der Waals surface area (Å²) in [6, 6.07) is 2.19. The SMILES string of the molecule is CC(C)(C)OC(=O)Nc1ccc(C(C)(O)C(F)(F)F)cn1. The van der Waals surface area contributed by atoms with Crippen molar-refractivity contribution in [1.82, 2.24) is 4.98 Å². The molecule has 0 saturated heterocycles. The van der Waals surface area contributed by atoms with Crippen LogP contribution in [-0.4, -0.2) is 28.0 Å². The van der Waals surface area contributed by atoms with Crippen LogP contribution in [0.2, 0.25) is 0 Å². The van der Waals surface area contributed by atoms with Crippen LogP contribution in [0.5, 0.6) is 0 Å². The molecule has 0 aliphatic heterocycles. The standard InChI is InChI=1S/C13H17F3N2O3/c1-11(2,3)21-10(19)18-9-6-5-8(7-17-9)12(4,20)13(14,15)16/h5-7,20H,1-4H3,(H,17,18,19). The second-order valence-corrected chi connectivity index (χ2v) is 5.63. The zero-order chi connectivity index (χ0) is 16.5. The van der Waals surface area contributed by atoms with Crippen LogP contribution in [0.4, 0.5) is 23.8 Å². The largest absolute Gasteiger partial charge is 0.444 e. The average molecular weight is 306 g/mol. The molecule has 0 saturated carbocycles. The molecule has 0 aliphatic carbocycles. The van der Waals surface area contributed by atoms with Gasteiger partial charge in [-0.05, 0) is 33.8 Å². The smallest absolute Gasteiger partial charge is 0.421 e. The fourth-order valence-corrected chi connectivity index (χ4v) is 1.33. The number of anilines is 1. The molecule has 0 fully saturated rings. The molecule has 1 atom stereocenters. The van der Waals surface area contributed by atoms with E-state index in [4.69, 9.17) is 4.74 Å². The van der Waals surface area contributed by atoms with Gasteiger partial charge in [0.15, 0.2) is 5.60 Å². The van der Waals surface area contributed by atoms with Gasteiger partial charge in [0, 0.05) is 11.8 Å². The molecule has 0 radical (unpaired) electrons. The highest BCUT2D eigenvalue weighted by atomic mass is 19.4. The predicted octanol–water partition coefficient (Wildman–Crippen LogP) is 3.20. The van der Waals surface area contributed by atoms with Crippen molar-refractivity contribution >= 4 is 11.9 Å². The van der Waals surface area contributed by atoms with Gasteiger partial charge in [-0.1, -0.05) is 6.07 Å². The minimum Gasteiger partial charge on any atom is -0.444 e. The quantitative estimate of drug-likeness (QED) is 0.880. The van der Waals surface area contributed by atoms with Crippen LogP contribution < -0.4 is 5.32 Å². The number of nitrogens with zero attached hydrogens (tertiary/aromatic N) is 1. The summed E-state index contributed by atoms with van der Waals surface area (Å²) in [5.74, 6) is 0.0194. The molecule has 1 unspecified atom stereocenters. The fraction of sp³-hybridized carbons (Fsp3) is 0.538. The molecular weight excluding hydrogens is 289 g/mol. The van der Waals surface area contributed by atoms with Crippen LogP contribution in [0.3, 0.4) is 0 Å². The summed E-state index contributed by atoms with van der Waals surface area (Å²) in [6.07, 6.45) is -4.75. The van der Waals surface area contributed by atoms with E-state index in [2.05, 4.69) is 10.3 Å². The van der Waals surface area contributed by atoms with Crippen molar-refractivity contribution in [3.63, 3.8) is 0 Å². The lowest BCUT2D eigenvalue weighted by molar-refractivity contribution is -0.259. The molecule has 0 bridgehead atoms. The molecule has 21 heavy (non-hydrogen) atoms. The number of pyridine rings is 1. The van der Waals surface area contributed by atoms with Crippen LogP contribution in [0.15, 0.2) is 18.3 Å². The topological polar surface area (TPSA) is 71.5 Å². The molecule has 8 heteroatoms. The molecule has 5 nitrogen and oxygen atoms in total. The lowest BCUT2D eigenvalue weighted by Gasteiger charge is -2.26. The van der Waals surface area contributed by atoms with Gasteiger partial charge in [-0.2, -0.15) is 13.2 Å². The maximum absolute atomic E-state index is 12.6. The number of carbonyl (C=O) groups is 1. The third-order valence-electron chi connectivity index (χ3n) is 2.51. The molecule has 0 aliphatic rings. The second kappa shape index (κ2) is 5.51. The van der Waals surface area contributed by atoms with Crippen LogP contribution in [0, 0.1) is 0 Å². The Morgan fingerprint density at radius 3 is 2.19 bits per heavy atom. The van der Waals surface area contributed by atoms with Crippen molar-refractivity contribution < 1.29 is 27.8 Å². The van der Waals surface area contributed by atoms with E-state index in [0.29, 0.717) is 6.92 Å². The van der Waals surface area contributed by atoms with Gasteiger partial charge in [-0.15, -0.1) is 0 Å². The van der Waals surface area contributed by atoms with E-state index >= 15 is 0 Å². The number of alkyl halides is 3. The number of aromatic nitrogens is 1. The monoisotopic (exact) mass is 306 g/mol. The van der Waals surface area contributed by atoms with Gasteiger partial charge in [0.05, 0.1) is 0 Å². The van der Waals surface area contributed by atoms with E-state index in [1.807, 2.05) is 0 Å². The minimum absolute atomic E-state index is 0.0194. The highest BCUT2D eigenvalue weighted by molar-refractivity contribution is 5.83. The van der Waals surface area contributed by atoms with Gasteiger partial charge in [0.25, 0.3) is 0 Å². The molecule has 0 spiro atoms. The van der Waals surface area contributed by atoms with Gasteiger partial charge in [0.2, 0.25) is 0 Å². The number of hydrogen-bond donors (Lipinski definition) is 2. The first kappa shape index (κ1) is 17.2. The second-order valence-electron chi connectivity index (χ2n) is 5.63. The number of aliphatic hydroxyl groups is 1. The van der Waals surface area contributed by atoms with Crippen molar-refractivity contribution in [2.75, 3.05) is 5.32 Å². The summed E-state index contributed by atoms with van der Waals surface area (Å²) in [4.78, 5) is 15.1. The number of rotatable bonds is 2. The minimum atomic E-state index is -4.82. The summed E-state index contributed by atoms with van der Waals surface area (Å²) in [7, 11) is 0. The number of nitrogens with one attached hydrogen (secondary N) is 1. The summed E-state index contributed by atoms with van der Waals surface area (Å²) >= 11 is 0. The first-order valence-corrected chi connectivity index (χ1v) is 6.08. The van der Waals surface area contributed by atoms with Crippen molar-refractivity contribution in [2.24, 2.45) is 0 Å². The molecule has 1 heterocycles. The van der Waals surface area contributed by atoms with Gasteiger partial charge in [-0.25, -0.2) is 9.78 Å². The molecule has 0 aromatic carbocycles. The Labute approximate surface area is 120 Å². The van der Waals surface area contributed by atoms with E-state index in [0.717, 1.165) is 18.3 Å². The van der Waals surface area contributed by atoms with E-state index in [-0.39, 0.29) is 5.82 Å². The van der Waals surface area contributed by atoms with Crippen molar-refractivity contribution in [1.29, 1.82) is 0 Å². The molecule has 1 rings (SSSR count). The maximum Gasteiger partial charge on any atom is 0.421 e. The number of amides is 1. The highest BCUT2D eigenvalue weighted by Gasteiger charge is 2.51. The Kier molecular flexibility index (Phi) is 4.52.